The highest BCUT2D eigenvalue weighted by atomic mass is 15.3. The summed E-state index contributed by atoms with van der Waals surface area (Å²) < 4.78 is 2.12. The molecule has 1 atom stereocenters. The van der Waals surface area contributed by atoms with Gasteiger partial charge in [-0.1, -0.05) is 6.07 Å². The molecule has 3 aromatic rings. The highest BCUT2D eigenvalue weighted by Gasteiger charge is 2.30. The van der Waals surface area contributed by atoms with E-state index in [9.17, 15) is 0 Å². The maximum Gasteiger partial charge on any atom is 0.153 e. The topological polar surface area (TPSA) is 68.5 Å². The first-order valence-electron chi connectivity index (χ1n) is 8.70. The standard InChI is InChI=1S/C19H22N6/c1-12-10-19(24-25(12)13(2)15-7-8-15)23-18-11-17(21-14(3)22-18)16-6-4-5-9-20-16/h4-6,9-11,13,15H,7-8H2,1-3H3,(H,21,22,23,24)/t13-/m1/s1. The van der Waals surface area contributed by atoms with Gasteiger partial charge < -0.3 is 5.32 Å². The molecule has 1 aliphatic carbocycles. The zero-order chi connectivity index (χ0) is 17.4. The first-order chi connectivity index (χ1) is 12.1. The van der Waals surface area contributed by atoms with Crippen molar-refractivity contribution < 1.29 is 0 Å². The molecule has 1 aliphatic rings. The summed E-state index contributed by atoms with van der Waals surface area (Å²) in [5.41, 5.74) is 2.80. The van der Waals surface area contributed by atoms with Crippen LogP contribution >= 0.6 is 0 Å². The van der Waals surface area contributed by atoms with Gasteiger partial charge in [-0.2, -0.15) is 5.10 Å². The van der Waals surface area contributed by atoms with Gasteiger partial charge in [-0.15, -0.1) is 0 Å². The molecule has 0 aliphatic heterocycles. The van der Waals surface area contributed by atoms with Crippen LogP contribution < -0.4 is 5.32 Å². The molecule has 1 saturated carbocycles. The van der Waals surface area contributed by atoms with Gasteiger partial charge >= 0.3 is 0 Å². The molecule has 0 radical (unpaired) electrons. The van der Waals surface area contributed by atoms with E-state index in [0.29, 0.717) is 11.9 Å². The minimum Gasteiger partial charge on any atom is -0.323 e. The lowest BCUT2D eigenvalue weighted by Gasteiger charge is -2.12. The molecule has 0 unspecified atom stereocenters. The Morgan fingerprint density at radius 3 is 2.64 bits per heavy atom. The molecule has 4 rings (SSSR count). The Balaban J connectivity index is 1.61. The summed E-state index contributed by atoms with van der Waals surface area (Å²) in [6.07, 6.45) is 4.38. The van der Waals surface area contributed by atoms with Crippen LogP contribution in [0.25, 0.3) is 11.4 Å². The van der Waals surface area contributed by atoms with Gasteiger partial charge in [0.2, 0.25) is 0 Å². The van der Waals surface area contributed by atoms with E-state index in [1.54, 1.807) is 6.20 Å². The van der Waals surface area contributed by atoms with Gasteiger partial charge in [0, 0.05) is 24.0 Å². The van der Waals surface area contributed by atoms with E-state index >= 15 is 0 Å². The molecule has 3 heterocycles. The fraction of sp³-hybridized carbons (Fsp3) is 0.368. The summed E-state index contributed by atoms with van der Waals surface area (Å²) in [4.78, 5) is 13.3. The minimum atomic E-state index is 0.451. The molecular formula is C19H22N6. The average Bonchev–Trinajstić information content (AvgIpc) is 3.38. The second-order valence-corrected chi connectivity index (χ2v) is 6.72. The lowest BCUT2D eigenvalue weighted by atomic mass is 10.2. The van der Waals surface area contributed by atoms with E-state index in [1.165, 1.54) is 12.8 Å². The number of aryl methyl sites for hydroxylation is 2. The molecular weight excluding hydrogens is 312 g/mol. The lowest BCUT2D eigenvalue weighted by Crippen LogP contribution is -2.10. The zero-order valence-corrected chi connectivity index (χ0v) is 14.8. The predicted molar refractivity (Wildman–Crippen MR) is 97.7 cm³/mol. The molecule has 1 N–H and O–H groups in total. The van der Waals surface area contributed by atoms with Crippen LogP contribution in [0.2, 0.25) is 0 Å². The van der Waals surface area contributed by atoms with Gasteiger partial charge in [0.15, 0.2) is 5.82 Å². The van der Waals surface area contributed by atoms with Crippen LogP contribution in [0.5, 0.6) is 0 Å². The second-order valence-electron chi connectivity index (χ2n) is 6.72. The van der Waals surface area contributed by atoms with E-state index in [4.69, 9.17) is 5.10 Å². The smallest absolute Gasteiger partial charge is 0.153 e. The fourth-order valence-corrected chi connectivity index (χ4v) is 3.15. The predicted octanol–water partition coefficient (Wildman–Crippen LogP) is 4.07. The number of nitrogens with one attached hydrogen (secondary N) is 1. The number of nitrogens with zero attached hydrogens (tertiary/aromatic N) is 5. The Kier molecular flexibility index (Phi) is 3.95. The third kappa shape index (κ3) is 3.38. The Labute approximate surface area is 147 Å². The number of hydrogen-bond donors (Lipinski definition) is 1. The molecule has 0 spiro atoms. The van der Waals surface area contributed by atoms with E-state index < -0.39 is 0 Å². The van der Waals surface area contributed by atoms with Crippen LogP contribution in [0.4, 0.5) is 11.6 Å². The van der Waals surface area contributed by atoms with Gasteiger partial charge in [-0.3, -0.25) is 9.67 Å². The normalized spacial score (nSPS) is 15.2. The van der Waals surface area contributed by atoms with E-state index in [1.807, 2.05) is 31.2 Å². The monoisotopic (exact) mass is 334 g/mol. The molecule has 1 fully saturated rings. The number of pyridine rings is 1. The molecule has 6 nitrogen and oxygen atoms in total. The van der Waals surface area contributed by atoms with Crippen molar-refractivity contribution >= 4 is 11.6 Å². The maximum absolute atomic E-state index is 4.73. The van der Waals surface area contributed by atoms with Crippen molar-refractivity contribution in [1.29, 1.82) is 0 Å². The quantitative estimate of drug-likeness (QED) is 0.762. The van der Waals surface area contributed by atoms with Crippen molar-refractivity contribution in [1.82, 2.24) is 24.7 Å². The third-order valence-corrected chi connectivity index (χ3v) is 4.63. The van der Waals surface area contributed by atoms with Crippen molar-refractivity contribution in [3.8, 4) is 11.4 Å². The number of aromatic nitrogens is 5. The van der Waals surface area contributed by atoms with Gasteiger partial charge in [0.1, 0.15) is 11.6 Å². The highest BCUT2D eigenvalue weighted by molar-refractivity contribution is 5.61. The molecule has 25 heavy (non-hydrogen) atoms. The van der Waals surface area contributed by atoms with E-state index in [-0.39, 0.29) is 0 Å². The van der Waals surface area contributed by atoms with E-state index in [0.717, 1.165) is 34.6 Å². The largest absolute Gasteiger partial charge is 0.323 e. The maximum atomic E-state index is 4.73. The first kappa shape index (κ1) is 15.7. The molecule has 0 aromatic carbocycles. The molecule has 6 heteroatoms. The van der Waals surface area contributed by atoms with Crippen molar-refractivity contribution in [2.45, 2.75) is 39.7 Å². The van der Waals surface area contributed by atoms with Gasteiger partial charge in [-0.05, 0) is 51.7 Å². The van der Waals surface area contributed by atoms with Crippen molar-refractivity contribution in [3.63, 3.8) is 0 Å². The minimum absolute atomic E-state index is 0.451. The van der Waals surface area contributed by atoms with Crippen molar-refractivity contribution in [2.75, 3.05) is 5.32 Å². The summed E-state index contributed by atoms with van der Waals surface area (Å²) in [5, 5.41) is 8.05. The van der Waals surface area contributed by atoms with Gasteiger partial charge in [0.05, 0.1) is 17.4 Å². The van der Waals surface area contributed by atoms with E-state index in [2.05, 4.69) is 44.9 Å². The number of hydrogen-bond acceptors (Lipinski definition) is 5. The van der Waals surface area contributed by atoms with Crippen LogP contribution in [0.1, 0.15) is 37.3 Å². The summed E-state index contributed by atoms with van der Waals surface area (Å²) in [7, 11) is 0. The van der Waals surface area contributed by atoms with Crippen LogP contribution in [-0.4, -0.2) is 24.7 Å². The molecule has 0 saturated heterocycles. The van der Waals surface area contributed by atoms with Crippen LogP contribution in [0.3, 0.4) is 0 Å². The number of anilines is 2. The molecule has 0 bridgehead atoms. The average molecular weight is 334 g/mol. The first-order valence-corrected chi connectivity index (χ1v) is 8.70. The summed E-state index contributed by atoms with van der Waals surface area (Å²) >= 11 is 0. The van der Waals surface area contributed by atoms with Crippen LogP contribution in [0, 0.1) is 19.8 Å². The van der Waals surface area contributed by atoms with Crippen molar-refractivity contribution in [2.24, 2.45) is 5.92 Å². The van der Waals surface area contributed by atoms with Gasteiger partial charge in [-0.25, -0.2) is 9.97 Å². The zero-order valence-electron chi connectivity index (χ0n) is 14.8. The molecule has 3 aromatic heterocycles. The summed E-state index contributed by atoms with van der Waals surface area (Å²) in [6, 6.07) is 10.2. The Morgan fingerprint density at radius 1 is 1.08 bits per heavy atom. The Bertz CT molecular complexity index is 882. The summed E-state index contributed by atoms with van der Waals surface area (Å²) in [6.45, 7) is 6.23. The Morgan fingerprint density at radius 2 is 1.92 bits per heavy atom. The van der Waals surface area contributed by atoms with Crippen LogP contribution in [0.15, 0.2) is 36.5 Å². The highest BCUT2D eigenvalue weighted by Crippen LogP contribution is 2.40. The molecule has 0 amide bonds. The van der Waals surface area contributed by atoms with Gasteiger partial charge in [0.25, 0.3) is 0 Å². The third-order valence-electron chi connectivity index (χ3n) is 4.63. The fourth-order valence-electron chi connectivity index (χ4n) is 3.15. The molecule has 128 valence electrons. The van der Waals surface area contributed by atoms with Crippen LogP contribution in [-0.2, 0) is 0 Å². The SMILES string of the molecule is Cc1nc(Nc2cc(C)n([C@H](C)C3CC3)n2)cc(-c2ccccn2)n1. The summed E-state index contributed by atoms with van der Waals surface area (Å²) in [5.74, 6) is 3.02. The Hall–Kier alpha value is -2.76. The lowest BCUT2D eigenvalue weighted by molar-refractivity contribution is 0.432. The second kappa shape index (κ2) is 6.27. The van der Waals surface area contributed by atoms with Crippen molar-refractivity contribution in [3.05, 3.63) is 48.0 Å². The number of rotatable bonds is 5.